The fourth-order valence-corrected chi connectivity index (χ4v) is 2.70. The molecule has 0 radical (unpaired) electrons. The predicted octanol–water partition coefficient (Wildman–Crippen LogP) is 1.59. The van der Waals surface area contributed by atoms with Gasteiger partial charge in [-0.25, -0.2) is 0 Å². The van der Waals surface area contributed by atoms with Crippen LogP contribution in [0.25, 0.3) is 0 Å². The number of nitrogens with two attached hydrogens (primary N) is 1. The summed E-state index contributed by atoms with van der Waals surface area (Å²) in [5.74, 6) is 1.29. The zero-order valence-corrected chi connectivity index (χ0v) is 12.4. The van der Waals surface area contributed by atoms with E-state index >= 15 is 0 Å². The van der Waals surface area contributed by atoms with E-state index in [0.717, 1.165) is 19.0 Å². The summed E-state index contributed by atoms with van der Waals surface area (Å²) in [6.45, 7) is 7.69. The molecule has 2 atom stereocenters. The van der Waals surface area contributed by atoms with E-state index in [1.165, 1.54) is 19.1 Å². The molecule has 1 fully saturated rings. The van der Waals surface area contributed by atoms with Crippen LogP contribution in [0.15, 0.2) is 16.7 Å². The third kappa shape index (κ3) is 3.84. The number of piperidine rings is 1. The zero-order valence-electron chi connectivity index (χ0n) is 12.4. The third-order valence-corrected chi connectivity index (χ3v) is 3.99. The van der Waals surface area contributed by atoms with Gasteiger partial charge in [0, 0.05) is 19.1 Å². The molecule has 0 saturated carbocycles. The highest BCUT2D eigenvalue weighted by atomic mass is 16.3. The molecular weight excluding hydrogens is 254 g/mol. The lowest BCUT2D eigenvalue weighted by Gasteiger charge is -2.35. The summed E-state index contributed by atoms with van der Waals surface area (Å²) >= 11 is 0. The summed E-state index contributed by atoms with van der Waals surface area (Å²) in [5.41, 5.74) is 6.01. The normalized spacial score (nSPS) is 21.6. The molecule has 3 N–H and O–H groups in total. The summed E-state index contributed by atoms with van der Waals surface area (Å²) in [7, 11) is 0. The van der Waals surface area contributed by atoms with Crippen LogP contribution < -0.4 is 11.1 Å². The summed E-state index contributed by atoms with van der Waals surface area (Å²) in [6.07, 6.45) is 4.03. The summed E-state index contributed by atoms with van der Waals surface area (Å²) < 4.78 is 5.18. The number of furan rings is 1. The van der Waals surface area contributed by atoms with Gasteiger partial charge in [0.05, 0.1) is 12.1 Å². The first kappa shape index (κ1) is 15.1. The highest BCUT2D eigenvalue weighted by Gasteiger charge is 2.21. The van der Waals surface area contributed by atoms with Crippen molar-refractivity contribution in [2.75, 3.05) is 19.6 Å². The average molecular weight is 279 g/mol. The first-order valence-electron chi connectivity index (χ1n) is 7.40. The zero-order chi connectivity index (χ0) is 14.5. The van der Waals surface area contributed by atoms with Gasteiger partial charge in [-0.1, -0.05) is 6.92 Å². The number of amides is 1. The van der Waals surface area contributed by atoms with Crippen molar-refractivity contribution in [3.8, 4) is 0 Å². The maximum atomic E-state index is 12.0. The Hall–Kier alpha value is -1.33. The minimum absolute atomic E-state index is 0.0923. The fourth-order valence-electron chi connectivity index (χ4n) is 2.70. The first-order chi connectivity index (χ1) is 9.60. The average Bonchev–Trinajstić information content (AvgIpc) is 2.93. The van der Waals surface area contributed by atoms with Gasteiger partial charge in [0.1, 0.15) is 12.0 Å². The Kier molecular flexibility index (Phi) is 5.20. The molecule has 0 spiro atoms. The number of nitrogens with zero attached hydrogens (tertiary/aromatic N) is 1. The molecule has 2 unspecified atom stereocenters. The van der Waals surface area contributed by atoms with Crippen molar-refractivity contribution in [1.29, 1.82) is 0 Å². The van der Waals surface area contributed by atoms with Gasteiger partial charge in [-0.3, -0.25) is 9.69 Å². The number of carbonyl (C=O) groups is 1. The maximum Gasteiger partial charge on any atom is 0.254 e. The smallest absolute Gasteiger partial charge is 0.254 e. The van der Waals surface area contributed by atoms with Crippen molar-refractivity contribution >= 4 is 5.91 Å². The Bertz CT molecular complexity index is 444. The van der Waals surface area contributed by atoms with E-state index in [4.69, 9.17) is 10.2 Å². The van der Waals surface area contributed by atoms with Crippen molar-refractivity contribution in [2.24, 2.45) is 11.7 Å². The van der Waals surface area contributed by atoms with Gasteiger partial charge in [0.15, 0.2) is 0 Å². The number of rotatable bonds is 5. The number of likely N-dealkylation sites (tertiary alicyclic amines) is 1. The van der Waals surface area contributed by atoms with Crippen LogP contribution in [0, 0.1) is 5.92 Å². The van der Waals surface area contributed by atoms with E-state index in [2.05, 4.69) is 24.1 Å². The van der Waals surface area contributed by atoms with Crippen molar-refractivity contribution < 1.29 is 9.21 Å². The quantitative estimate of drug-likeness (QED) is 0.858. The topological polar surface area (TPSA) is 71.5 Å². The van der Waals surface area contributed by atoms with Gasteiger partial charge in [-0.2, -0.15) is 0 Å². The number of hydrogen-bond donors (Lipinski definition) is 2. The highest BCUT2D eigenvalue weighted by molar-refractivity contribution is 5.93. The van der Waals surface area contributed by atoms with Gasteiger partial charge < -0.3 is 15.5 Å². The molecule has 5 heteroatoms. The second kappa shape index (κ2) is 6.90. The molecule has 112 valence electrons. The van der Waals surface area contributed by atoms with Crippen molar-refractivity contribution in [1.82, 2.24) is 10.2 Å². The largest absolute Gasteiger partial charge is 0.467 e. The molecule has 0 bridgehead atoms. The summed E-state index contributed by atoms with van der Waals surface area (Å²) in [6, 6.07) is 2.06. The van der Waals surface area contributed by atoms with E-state index in [-0.39, 0.29) is 5.91 Å². The van der Waals surface area contributed by atoms with Gasteiger partial charge in [0.2, 0.25) is 0 Å². The van der Waals surface area contributed by atoms with E-state index in [0.29, 0.717) is 30.5 Å². The monoisotopic (exact) mass is 279 g/mol. The second-order valence-corrected chi connectivity index (χ2v) is 5.81. The summed E-state index contributed by atoms with van der Waals surface area (Å²) in [4.78, 5) is 14.4. The molecule has 1 aliphatic rings. The van der Waals surface area contributed by atoms with E-state index < -0.39 is 0 Å². The Balaban J connectivity index is 1.80. The molecule has 2 rings (SSSR count). The van der Waals surface area contributed by atoms with E-state index in [1.807, 2.05) is 0 Å². The van der Waals surface area contributed by atoms with Gasteiger partial charge in [0.25, 0.3) is 5.91 Å². The molecular formula is C15H25N3O2. The van der Waals surface area contributed by atoms with Crippen molar-refractivity contribution in [2.45, 2.75) is 39.3 Å². The van der Waals surface area contributed by atoms with Crippen LogP contribution >= 0.6 is 0 Å². The predicted molar refractivity (Wildman–Crippen MR) is 78.4 cm³/mol. The standard InChI is InChI=1S/C15H25N3O2/c1-11-4-3-5-18(9-11)12(2)8-17-15(19)13-6-14(7-16)20-10-13/h6,10-12H,3-5,7-9,16H2,1-2H3,(H,17,19). The van der Waals surface area contributed by atoms with Crippen molar-refractivity contribution in [3.63, 3.8) is 0 Å². The highest BCUT2D eigenvalue weighted by Crippen LogP contribution is 2.17. The van der Waals surface area contributed by atoms with Crippen LogP contribution in [-0.2, 0) is 6.54 Å². The second-order valence-electron chi connectivity index (χ2n) is 5.81. The minimum Gasteiger partial charge on any atom is -0.467 e. The fraction of sp³-hybridized carbons (Fsp3) is 0.667. The number of carbonyl (C=O) groups excluding carboxylic acids is 1. The van der Waals surface area contributed by atoms with Crippen LogP contribution in [0.2, 0.25) is 0 Å². The molecule has 0 aliphatic carbocycles. The Morgan fingerprint density at radius 1 is 1.65 bits per heavy atom. The maximum absolute atomic E-state index is 12.0. The lowest BCUT2D eigenvalue weighted by Crippen LogP contribution is -2.46. The molecule has 1 aliphatic heterocycles. The molecule has 0 aromatic carbocycles. The van der Waals surface area contributed by atoms with Crippen LogP contribution in [-0.4, -0.2) is 36.5 Å². The third-order valence-electron chi connectivity index (χ3n) is 3.99. The number of hydrogen-bond acceptors (Lipinski definition) is 4. The molecule has 5 nitrogen and oxygen atoms in total. The lowest BCUT2D eigenvalue weighted by molar-refractivity contribution is 0.0917. The molecule has 20 heavy (non-hydrogen) atoms. The molecule has 2 heterocycles. The van der Waals surface area contributed by atoms with Crippen LogP contribution in [0.3, 0.4) is 0 Å². The SMILES string of the molecule is CC1CCCN(C(C)CNC(=O)c2coc(CN)c2)C1. The Morgan fingerprint density at radius 3 is 3.10 bits per heavy atom. The Labute approximate surface area is 120 Å². The lowest BCUT2D eigenvalue weighted by atomic mass is 9.99. The van der Waals surface area contributed by atoms with Crippen molar-refractivity contribution in [3.05, 3.63) is 23.7 Å². The van der Waals surface area contributed by atoms with Gasteiger partial charge in [-0.15, -0.1) is 0 Å². The van der Waals surface area contributed by atoms with Crippen LogP contribution in [0.1, 0.15) is 42.8 Å². The minimum atomic E-state index is -0.0923. The van der Waals surface area contributed by atoms with E-state index in [9.17, 15) is 4.79 Å². The molecule has 1 aromatic heterocycles. The number of nitrogens with one attached hydrogen (secondary N) is 1. The van der Waals surface area contributed by atoms with Gasteiger partial charge in [-0.05, 0) is 38.3 Å². The molecule has 1 saturated heterocycles. The molecule has 1 aromatic rings. The Morgan fingerprint density at radius 2 is 2.45 bits per heavy atom. The van der Waals surface area contributed by atoms with Crippen LogP contribution in [0.4, 0.5) is 0 Å². The molecule has 1 amide bonds. The summed E-state index contributed by atoms with van der Waals surface area (Å²) in [5, 5.41) is 2.97. The first-order valence-corrected chi connectivity index (χ1v) is 7.40. The van der Waals surface area contributed by atoms with E-state index in [1.54, 1.807) is 6.07 Å². The van der Waals surface area contributed by atoms with Gasteiger partial charge >= 0.3 is 0 Å². The van der Waals surface area contributed by atoms with Crippen LogP contribution in [0.5, 0.6) is 0 Å².